The van der Waals surface area contributed by atoms with Crippen molar-refractivity contribution >= 4 is 11.6 Å². The molecular weight excluding hydrogens is 394 g/mol. The van der Waals surface area contributed by atoms with Crippen LogP contribution in [0.4, 0.5) is 5.69 Å². The molecular formula is C22H25N7O2. The van der Waals surface area contributed by atoms with E-state index in [2.05, 4.69) is 31.1 Å². The van der Waals surface area contributed by atoms with Crippen LogP contribution in [0.2, 0.25) is 0 Å². The zero-order chi connectivity index (χ0) is 21.2. The van der Waals surface area contributed by atoms with E-state index in [9.17, 15) is 4.79 Å². The number of anilines is 1. The molecule has 0 spiro atoms. The van der Waals surface area contributed by atoms with Gasteiger partial charge in [-0.05, 0) is 25.0 Å². The fourth-order valence-corrected chi connectivity index (χ4v) is 4.43. The summed E-state index contributed by atoms with van der Waals surface area (Å²) in [6, 6.07) is 8.06. The van der Waals surface area contributed by atoms with Gasteiger partial charge >= 0.3 is 0 Å². The Labute approximate surface area is 180 Å². The first-order chi connectivity index (χ1) is 15.2. The van der Waals surface area contributed by atoms with Gasteiger partial charge in [0, 0.05) is 56.9 Å². The first-order valence-electron chi connectivity index (χ1n) is 10.6. The van der Waals surface area contributed by atoms with Crippen molar-refractivity contribution in [1.82, 2.24) is 29.6 Å². The minimum absolute atomic E-state index is 0.143. The Balaban J connectivity index is 1.29. The lowest BCUT2D eigenvalue weighted by atomic mass is 9.96. The van der Waals surface area contributed by atoms with Crippen molar-refractivity contribution in [3.05, 3.63) is 48.7 Å². The van der Waals surface area contributed by atoms with Gasteiger partial charge in [-0.15, -0.1) is 10.2 Å². The highest BCUT2D eigenvalue weighted by Gasteiger charge is 2.35. The van der Waals surface area contributed by atoms with Crippen molar-refractivity contribution < 1.29 is 9.53 Å². The molecule has 1 fully saturated rings. The number of nitrogens with zero attached hydrogens (tertiary/aromatic N) is 7. The molecule has 9 heteroatoms. The van der Waals surface area contributed by atoms with E-state index in [1.54, 1.807) is 25.7 Å². The zero-order valence-corrected chi connectivity index (χ0v) is 17.5. The van der Waals surface area contributed by atoms with Gasteiger partial charge in [-0.1, -0.05) is 6.07 Å². The number of hydrogen-bond donors (Lipinski definition) is 0. The van der Waals surface area contributed by atoms with Gasteiger partial charge in [-0.3, -0.25) is 9.78 Å². The number of carbonyl (C=O) groups is 1. The Hall–Kier alpha value is -3.49. The molecule has 160 valence electrons. The van der Waals surface area contributed by atoms with Crippen molar-refractivity contribution in [3.63, 3.8) is 0 Å². The van der Waals surface area contributed by atoms with Gasteiger partial charge in [0.2, 0.25) is 5.91 Å². The average Bonchev–Trinajstić information content (AvgIpc) is 3.29. The molecule has 0 aliphatic carbocycles. The summed E-state index contributed by atoms with van der Waals surface area (Å²) < 4.78 is 7.37. The van der Waals surface area contributed by atoms with E-state index in [-0.39, 0.29) is 11.8 Å². The molecule has 1 aromatic carbocycles. The summed E-state index contributed by atoms with van der Waals surface area (Å²) in [5, 5.41) is 8.72. The van der Waals surface area contributed by atoms with Crippen LogP contribution >= 0.6 is 0 Å². The molecule has 1 amide bonds. The maximum absolute atomic E-state index is 13.4. The predicted octanol–water partition coefficient (Wildman–Crippen LogP) is 1.97. The van der Waals surface area contributed by atoms with E-state index in [1.165, 1.54) is 0 Å². The number of amides is 1. The van der Waals surface area contributed by atoms with Crippen LogP contribution < -0.4 is 9.64 Å². The second-order valence-corrected chi connectivity index (χ2v) is 7.83. The maximum Gasteiger partial charge on any atom is 0.233 e. The molecule has 31 heavy (non-hydrogen) atoms. The normalized spacial score (nSPS) is 18.5. The van der Waals surface area contributed by atoms with Crippen LogP contribution in [-0.2, 0) is 11.3 Å². The fourth-order valence-electron chi connectivity index (χ4n) is 4.43. The van der Waals surface area contributed by atoms with Gasteiger partial charge in [-0.2, -0.15) is 0 Å². The lowest BCUT2D eigenvalue weighted by Gasteiger charge is -2.38. The van der Waals surface area contributed by atoms with E-state index in [4.69, 9.17) is 4.74 Å². The first-order valence-corrected chi connectivity index (χ1v) is 10.6. The number of hydrogen-bond acceptors (Lipinski definition) is 7. The molecule has 9 nitrogen and oxygen atoms in total. The predicted molar refractivity (Wildman–Crippen MR) is 115 cm³/mol. The van der Waals surface area contributed by atoms with Gasteiger partial charge in [0.05, 0.1) is 19.2 Å². The summed E-state index contributed by atoms with van der Waals surface area (Å²) in [6.07, 6.45) is 6.67. The molecule has 3 aromatic rings. The van der Waals surface area contributed by atoms with E-state index < -0.39 is 0 Å². The Bertz CT molecular complexity index is 1060. The molecule has 2 aliphatic rings. The first kappa shape index (κ1) is 19.5. The van der Waals surface area contributed by atoms with E-state index in [0.717, 1.165) is 49.7 Å². The summed E-state index contributed by atoms with van der Waals surface area (Å²) in [6.45, 7) is 3.77. The number of carbonyl (C=O) groups excluding carboxylic acids is 1. The molecule has 5 rings (SSSR count). The van der Waals surface area contributed by atoms with Crippen molar-refractivity contribution in [3.8, 4) is 17.3 Å². The van der Waals surface area contributed by atoms with Crippen LogP contribution in [0.15, 0.2) is 42.9 Å². The summed E-state index contributed by atoms with van der Waals surface area (Å²) in [5.74, 6) is 2.16. The van der Waals surface area contributed by atoms with Crippen molar-refractivity contribution in [2.24, 2.45) is 0 Å². The van der Waals surface area contributed by atoms with Crippen molar-refractivity contribution in [2.75, 3.05) is 38.2 Å². The third-order valence-corrected chi connectivity index (χ3v) is 6.07. The quantitative estimate of drug-likeness (QED) is 0.639. The van der Waals surface area contributed by atoms with Crippen LogP contribution in [0.3, 0.4) is 0 Å². The molecule has 2 aromatic heterocycles. The van der Waals surface area contributed by atoms with E-state index in [0.29, 0.717) is 24.6 Å². The second kappa shape index (κ2) is 8.33. The number of methoxy groups -OCH3 is 1. The Morgan fingerprint density at radius 2 is 1.97 bits per heavy atom. The minimum Gasteiger partial charge on any atom is -0.497 e. The molecule has 4 heterocycles. The molecule has 2 aliphatic heterocycles. The number of benzene rings is 1. The summed E-state index contributed by atoms with van der Waals surface area (Å²) in [4.78, 5) is 26.1. The fraction of sp³-hybridized carbons (Fsp3) is 0.409. The van der Waals surface area contributed by atoms with Crippen LogP contribution in [0, 0.1) is 0 Å². The number of rotatable bonds is 4. The molecule has 0 bridgehead atoms. The molecule has 0 saturated carbocycles. The number of piperazine rings is 1. The van der Waals surface area contributed by atoms with Gasteiger partial charge in [0.15, 0.2) is 5.82 Å². The minimum atomic E-state index is -0.255. The monoisotopic (exact) mass is 419 g/mol. The smallest absolute Gasteiger partial charge is 0.233 e. The number of fused-ring (bicyclic) bond motifs is 1. The standard InChI is InChI=1S/C22H25N7O2/c1-31-17-5-2-4-16(14-17)27-10-12-28(13-11-27)22(30)18-6-3-9-29-20(18)25-26-21(29)19-15-23-7-8-24-19/h2,4-5,7-8,14-15,18H,3,6,9-13H2,1H3. The van der Waals surface area contributed by atoms with E-state index in [1.807, 2.05) is 27.7 Å². The third-order valence-electron chi connectivity index (χ3n) is 6.07. The van der Waals surface area contributed by atoms with Gasteiger partial charge < -0.3 is 19.1 Å². The molecule has 0 N–H and O–H groups in total. The number of ether oxygens (including phenoxy) is 1. The van der Waals surface area contributed by atoms with E-state index >= 15 is 0 Å². The molecule has 1 unspecified atom stereocenters. The Kier molecular flexibility index (Phi) is 5.23. The van der Waals surface area contributed by atoms with Crippen LogP contribution in [0.25, 0.3) is 11.5 Å². The highest BCUT2D eigenvalue weighted by atomic mass is 16.5. The Morgan fingerprint density at radius 1 is 1.10 bits per heavy atom. The second-order valence-electron chi connectivity index (χ2n) is 7.83. The summed E-state index contributed by atoms with van der Waals surface area (Å²) >= 11 is 0. The summed E-state index contributed by atoms with van der Waals surface area (Å²) in [7, 11) is 1.68. The molecule has 1 atom stereocenters. The zero-order valence-electron chi connectivity index (χ0n) is 17.5. The third kappa shape index (κ3) is 3.71. The van der Waals surface area contributed by atoms with Gasteiger partial charge in [-0.25, -0.2) is 4.98 Å². The van der Waals surface area contributed by atoms with Gasteiger partial charge in [0.25, 0.3) is 0 Å². The largest absolute Gasteiger partial charge is 0.497 e. The lowest BCUT2D eigenvalue weighted by molar-refractivity contribution is -0.133. The summed E-state index contributed by atoms with van der Waals surface area (Å²) in [5.41, 5.74) is 1.80. The molecule has 0 radical (unpaired) electrons. The van der Waals surface area contributed by atoms with Crippen LogP contribution in [-0.4, -0.2) is 68.8 Å². The highest BCUT2D eigenvalue weighted by Crippen LogP contribution is 2.31. The van der Waals surface area contributed by atoms with Crippen molar-refractivity contribution in [1.29, 1.82) is 0 Å². The van der Waals surface area contributed by atoms with Crippen LogP contribution in [0.1, 0.15) is 24.6 Å². The SMILES string of the molecule is COc1cccc(N2CCN(C(=O)C3CCCn4c(-c5cnccn5)nnc43)CC2)c1. The highest BCUT2D eigenvalue weighted by molar-refractivity contribution is 5.83. The topological polar surface area (TPSA) is 89.3 Å². The maximum atomic E-state index is 13.4. The van der Waals surface area contributed by atoms with Gasteiger partial charge in [0.1, 0.15) is 17.3 Å². The lowest BCUT2D eigenvalue weighted by Crippen LogP contribution is -2.50. The average molecular weight is 419 g/mol. The van der Waals surface area contributed by atoms with Crippen LogP contribution in [0.5, 0.6) is 5.75 Å². The van der Waals surface area contributed by atoms with Crippen molar-refractivity contribution in [2.45, 2.75) is 25.3 Å². The Morgan fingerprint density at radius 3 is 2.74 bits per heavy atom. The number of aromatic nitrogens is 5. The molecule has 1 saturated heterocycles.